The number of hydrogen-bond donors (Lipinski definition) is 0. The van der Waals surface area contributed by atoms with E-state index in [9.17, 15) is 13.2 Å². The van der Waals surface area contributed by atoms with Gasteiger partial charge in [0, 0.05) is 0 Å². The summed E-state index contributed by atoms with van der Waals surface area (Å²) >= 11 is 0. The molecule has 0 radical (unpaired) electrons. The first-order valence-electron chi connectivity index (χ1n) is 5.62. The fourth-order valence-corrected chi connectivity index (χ4v) is 1.98. The van der Waals surface area contributed by atoms with Gasteiger partial charge in [0.1, 0.15) is 0 Å². The lowest BCUT2D eigenvalue weighted by Crippen LogP contribution is -2.16. The first kappa shape index (κ1) is 14.6. The van der Waals surface area contributed by atoms with Gasteiger partial charge in [-0.05, 0) is 28.2 Å². The van der Waals surface area contributed by atoms with Crippen LogP contribution in [0.1, 0.15) is 43.0 Å². The van der Waals surface area contributed by atoms with Crippen LogP contribution in [0.15, 0.2) is 25.3 Å². The maximum atomic E-state index is 12.9. The van der Waals surface area contributed by atoms with Gasteiger partial charge < -0.3 is 0 Å². The lowest BCUT2D eigenvalue weighted by atomic mass is 9.81. The molecular weight excluding hydrogens is 237 g/mol. The van der Waals surface area contributed by atoms with E-state index in [0.717, 1.165) is 11.6 Å². The van der Waals surface area contributed by atoms with E-state index in [0.29, 0.717) is 5.56 Å². The Morgan fingerprint density at radius 1 is 0.889 bits per heavy atom. The molecule has 0 aliphatic carbocycles. The Hall–Kier alpha value is -1.51. The molecule has 0 heterocycles. The molecule has 0 amide bonds. The van der Waals surface area contributed by atoms with Crippen LogP contribution in [0.3, 0.4) is 0 Å². The van der Waals surface area contributed by atoms with E-state index in [2.05, 4.69) is 13.2 Å². The molecule has 0 aromatic heterocycles. The van der Waals surface area contributed by atoms with Crippen LogP contribution in [0.2, 0.25) is 0 Å². The summed E-state index contributed by atoms with van der Waals surface area (Å²) in [6.45, 7) is 13.0. The highest BCUT2D eigenvalue weighted by molar-refractivity contribution is 5.70. The molecule has 0 unspecified atom stereocenters. The van der Waals surface area contributed by atoms with Gasteiger partial charge in [-0.15, -0.1) is 0 Å². The van der Waals surface area contributed by atoms with Crippen molar-refractivity contribution < 1.29 is 13.2 Å². The second-order valence-electron chi connectivity index (χ2n) is 5.14. The summed E-state index contributed by atoms with van der Waals surface area (Å²) in [5, 5.41) is 0. The molecule has 0 atom stereocenters. The number of benzene rings is 1. The summed E-state index contributed by atoms with van der Waals surface area (Å²) < 4.78 is 38.7. The van der Waals surface area contributed by atoms with Gasteiger partial charge in [0.2, 0.25) is 0 Å². The quantitative estimate of drug-likeness (QED) is 0.672. The van der Waals surface area contributed by atoms with Crippen LogP contribution < -0.4 is 0 Å². The highest BCUT2D eigenvalue weighted by Gasteiger charge is 2.34. The molecule has 0 nitrogen and oxygen atoms in total. The fourth-order valence-electron chi connectivity index (χ4n) is 1.98. The van der Waals surface area contributed by atoms with Crippen LogP contribution >= 0.6 is 0 Å². The molecule has 0 saturated carbocycles. The van der Waals surface area contributed by atoms with E-state index in [4.69, 9.17) is 0 Å². The zero-order valence-electron chi connectivity index (χ0n) is 10.9. The van der Waals surface area contributed by atoms with Crippen molar-refractivity contribution in [3.8, 4) is 0 Å². The zero-order valence-corrected chi connectivity index (χ0v) is 10.9. The van der Waals surface area contributed by atoms with E-state index in [1.165, 1.54) is 18.2 Å². The van der Waals surface area contributed by atoms with Gasteiger partial charge in [0.25, 0.3) is 0 Å². The van der Waals surface area contributed by atoms with Crippen LogP contribution in [-0.4, -0.2) is 0 Å². The standard InChI is InChI=1S/C15H17F3/c1-6-10-11(7-2)13(15(16,17)18)9-8-12(10)14(3,4)5/h6-9H,1-2H2,3-5H3. The molecule has 0 aliphatic rings. The maximum absolute atomic E-state index is 12.9. The molecule has 1 aromatic rings. The first-order chi connectivity index (χ1) is 8.12. The summed E-state index contributed by atoms with van der Waals surface area (Å²) in [6, 6.07) is 2.64. The van der Waals surface area contributed by atoms with Gasteiger partial charge in [-0.3, -0.25) is 0 Å². The summed E-state index contributed by atoms with van der Waals surface area (Å²) in [6.07, 6.45) is -1.67. The first-order valence-corrected chi connectivity index (χ1v) is 5.62. The Kier molecular flexibility index (Phi) is 3.75. The third kappa shape index (κ3) is 2.66. The van der Waals surface area contributed by atoms with Crippen molar-refractivity contribution in [2.75, 3.05) is 0 Å². The second-order valence-corrected chi connectivity index (χ2v) is 5.14. The second kappa shape index (κ2) is 4.63. The molecule has 98 valence electrons. The van der Waals surface area contributed by atoms with E-state index in [1.807, 2.05) is 20.8 Å². The van der Waals surface area contributed by atoms with Crippen molar-refractivity contribution in [2.24, 2.45) is 0 Å². The Bertz CT molecular complexity index is 429. The van der Waals surface area contributed by atoms with Crippen molar-refractivity contribution in [1.29, 1.82) is 0 Å². The molecule has 0 aliphatic heterocycles. The summed E-state index contributed by atoms with van der Waals surface area (Å²) in [7, 11) is 0. The summed E-state index contributed by atoms with van der Waals surface area (Å²) in [5.74, 6) is 0. The fraction of sp³-hybridized carbons (Fsp3) is 0.333. The SMILES string of the molecule is C=Cc1c(C(C)(C)C)ccc(C(F)(F)F)c1C=C. The number of halogens is 3. The van der Waals surface area contributed by atoms with Crippen molar-refractivity contribution in [3.05, 3.63) is 47.5 Å². The minimum Gasteiger partial charge on any atom is -0.166 e. The van der Waals surface area contributed by atoms with Gasteiger partial charge in [-0.25, -0.2) is 0 Å². The Balaban J connectivity index is 3.67. The van der Waals surface area contributed by atoms with Gasteiger partial charge in [-0.2, -0.15) is 13.2 Å². The van der Waals surface area contributed by atoms with Crippen LogP contribution in [-0.2, 0) is 11.6 Å². The Labute approximate surface area is 106 Å². The number of hydrogen-bond acceptors (Lipinski definition) is 0. The zero-order chi connectivity index (χ0) is 14.1. The molecule has 0 fully saturated rings. The smallest absolute Gasteiger partial charge is 0.166 e. The van der Waals surface area contributed by atoms with Gasteiger partial charge in [-0.1, -0.05) is 52.1 Å². The molecule has 18 heavy (non-hydrogen) atoms. The summed E-state index contributed by atoms with van der Waals surface area (Å²) in [4.78, 5) is 0. The van der Waals surface area contributed by atoms with Gasteiger partial charge in [0.05, 0.1) is 5.56 Å². The molecule has 1 aromatic carbocycles. The average molecular weight is 254 g/mol. The van der Waals surface area contributed by atoms with Crippen LogP contribution in [0.4, 0.5) is 13.2 Å². The minimum atomic E-state index is -4.38. The molecule has 0 saturated heterocycles. The van der Waals surface area contributed by atoms with Gasteiger partial charge in [0.15, 0.2) is 0 Å². The monoisotopic (exact) mass is 254 g/mol. The van der Waals surface area contributed by atoms with E-state index in [1.54, 1.807) is 0 Å². The summed E-state index contributed by atoms with van der Waals surface area (Å²) in [5.41, 5.74) is 0.531. The normalized spacial score (nSPS) is 12.3. The highest BCUT2D eigenvalue weighted by Crippen LogP contribution is 2.38. The van der Waals surface area contributed by atoms with Crippen molar-refractivity contribution in [2.45, 2.75) is 32.4 Å². The Morgan fingerprint density at radius 3 is 1.61 bits per heavy atom. The van der Waals surface area contributed by atoms with Gasteiger partial charge >= 0.3 is 6.18 Å². The number of alkyl halides is 3. The van der Waals surface area contributed by atoms with Crippen molar-refractivity contribution in [3.63, 3.8) is 0 Å². The van der Waals surface area contributed by atoms with Crippen LogP contribution in [0.25, 0.3) is 12.2 Å². The van der Waals surface area contributed by atoms with E-state index < -0.39 is 11.7 Å². The molecule has 0 spiro atoms. The predicted molar refractivity (Wildman–Crippen MR) is 70.3 cm³/mol. The third-order valence-corrected chi connectivity index (χ3v) is 2.81. The largest absolute Gasteiger partial charge is 0.417 e. The molecule has 0 bridgehead atoms. The van der Waals surface area contributed by atoms with E-state index in [-0.39, 0.29) is 11.0 Å². The molecular formula is C15H17F3. The topological polar surface area (TPSA) is 0 Å². The Morgan fingerprint density at radius 2 is 1.28 bits per heavy atom. The molecule has 1 rings (SSSR count). The maximum Gasteiger partial charge on any atom is 0.417 e. The molecule has 0 N–H and O–H groups in total. The lowest BCUT2D eigenvalue weighted by Gasteiger charge is -2.25. The third-order valence-electron chi connectivity index (χ3n) is 2.81. The average Bonchev–Trinajstić information content (AvgIpc) is 2.24. The highest BCUT2D eigenvalue weighted by atomic mass is 19.4. The molecule has 3 heteroatoms. The van der Waals surface area contributed by atoms with E-state index >= 15 is 0 Å². The van der Waals surface area contributed by atoms with Crippen LogP contribution in [0.5, 0.6) is 0 Å². The number of rotatable bonds is 2. The van der Waals surface area contributed by atoms with Crippen LogP contribution in [0, 0.1) is 0 Å². The minimum absolute atomic E-state index is 0.102. The van der Waals surface area contributed by atoms with Crippen molar-refractivity contribution >= 4 is 12.2 Å². The van der Waals surface area contributed by atoms with Crippen molar-refractivity contribution in [1.82, 2.24) is 0 Å². The lowest BCUT2D eigenvalue weighted by molar-refractivity contribution is -0.137. The predicted octanol–water partition coefficient (Wildman–Crippen LogP) is 5.29.